The first-order chi connectivity index (χ1) is 7.58. The second-order valence-corrected chi connectivity index (χ2v) is 3.07. The number of non-ortho nitro benzene ring substituents is 1. The fourth-order valence-corrected chi connectivity index (χ4v) is 1.20. The van der Waals surface area contributed by atoms with Crippen LogP contribution in [-0.2, 0) is 0 Å². The van der Waals surface area contributed by atoms with Crippen molar-refractivity contribution in [2.75, 3.05) is 0 Å². The topological polar surface area (TPSA) is 82.1 Å². The molecule has 0 aliphatic carbocycles. The molecule has 16 heavy (non-hydrogen) atoms. The van der Waals surface area contributed by atoms with Gasteiger partial charge in [0.2, 0.25) is 0 Å². The minimum atomic E-state index is -0.644. The molecule has 0 spiro atoms. The Hall–Kier alpha value is -2.31. The Morgan fingerprint density at radius 1 is 1.50 bits per heavy atom. The molecule has 0 radical (unpaired) electrons. The van der Waals surface area contributed by atoms with Crippen molar-refractivity contribution in [3.05, 3.63) is 40.0 Å². The second kappa shape index (κ2) is 3.69. The normalized spacial score (nSPS) is 10.4. The molecule has 0 bridgehead atoms. The van der Waals surface area contributed by atoms with Crippen LogP contribution in [0.5, 0.6) is 0 Å². The highest BCUT2D eigenvalue weighted by Crippen LogP contribution is 2.25. The van der Waals surface area contributed by atoms with E-state index in [1.54, 1.807) is 6.92 Å². The summed E-state index contributed by atoms with van der Waals surface area (Å²) in [4.78, 5) is 13.7. The largest absolute Gasteiger partial charge is 0.334 e. The Morgan fingerprint density at radius 3 is 2.81 bits per heavy atom. The van der Waals surface area contributed by atoms with Crippen molar-refractivity contribution in [1.82, 2.24) is 10.1 Å². The molecule has 0 N–H and O–H groups in total. The summed E-state index contributed by atoms with van der Waals surface area (Å²) in [6.07, 6.45) is 0. The SMILES string of the molecule is Cc1noc(-c2cc([N+](=O)[O-])ccc2F)n1. The van der Waals surface area contributed by atoms with Crippen molar-refractivity contribution in [3.8, 4) is 11.5 Å². The minimum absolute atomic E-state index is 0.0706. The van der Waals surface area contributed by atoms with Crippen molar-refractivity contribution >= 4 is 5.69 Å². The molecule has 6 nitrogen and oxygen atoms in total. The maximum absolute atomic E-state index is 13.4. The molecule has 7 heteroatoms. The summed E-state index contributed by atoms with van der Waals surface area (Å²) >= 11 is 0. The summed E-state index contributed by atoms with van der Waals surface area (Å²) in [5.41, 5.74) is -0.304. The first-order valence-corrected chi connectivity index (χ1v) is 4.32. The van der Waals surface area contributed by atoms with Crippen molar-refractivity contribution in [1.29, 1.82) is 0 Å². The molecule has 0 aliphatic heterocycles. The molecule has 0 amide bonds. The van der Waals surface area contributed by atoms with Crippen LogP contribution in [0, 0.1) is 22.9 Å². The van der Waals surface area contributed by atoms with Gasteiger partial charge in [-0.3, -0.25) is 10.1 Å². The predicted octanol–water partition coefficient (Wildman–Crippen LogP) is 2.09. The van der Waals surface area contributed by atoms with Crippen LogP contribution >= 0.6 is 0 Å². The molecule has 1 heterocycles. The number of hydrogen-bond donors (Lipinski definition) is 0. The molecular weight excluding hydrogens is 217 g/mol. The van der Waals surface area contributed by atoms with E-state index >= 15 is 0 Å². The Morgan fingerprint density at radius 2 is 2.25 bits per heavy atom. The van der Waals surface area contributed by atoms with Crippen LogP contribution in [0.3, 0.4) is 0 Å². The van der Waals surface area contributed by atoms with E-state index in [2.05, 4.69) is 10.1 Å². The zero-order valence-corrected chi connectivity index (χ0v) is 8.18. The molecule has 2 aromatic rings. The van der Waals surface area contributed by atoms with E-state index in [0.29, 0.717) is 5.82 Å². The van der Waals surface area contributed by atoms with Gasteiger partial charge in [-0.05, 0) is 13.0 Å². The van der Waals surface area contributed by atoms with E-state index in [9.17, 15) is 14.5 Å². The standard InChI is InChI=1S/C9H6FN3O3/c1-5-11-9(16-12-5)7-4-6(13(14)15)2-3-8(7)10/h2-4H,1H3. The number of hydrogen-bond acceptors (Lipinski definition) is 5. The summed E-state index contributed by atoms with van der Waals surface area (Å²) in [7, 11) is 0. The average Bonchev–Trinajstić information content (AvgIpc) is 2.65. The number of aryl methyl sites for hydroxylation is 1. The van der Waals surface area contributed by atoms with Crippen LogP contribution in [-0.4, -0.2) is 15.1 Å². The number of aromatic nitrogens is 2. The van der Waals surface area contributed by atoms with Crippen LogP contribution in [0.25, 0.3) is 11.5 Å². The molecule has 1 aromatic heterocycles. The number of nitrogens with zero attached hydrogens (tertiary/aromatic N) is 3. The van der Waals surface area contributed by atoms with Gasteiger partial charge in [0, 0.05) is 12.1 Å². The lowest BCUT2D eigenvalue weighted by Crippen LogP contribution is -1.91. The smallest absolute Gasteiger partial charge is 0.270 e. The monoisotopic (exact) mass is 223 g/mol. The van der Waals surface area contributed by atoms with E-state index in [-0.39, 0.29) is 17.1 Å². The molecule has 0 atom stereocenters. The maximum Gasteiger partial charge on any atom is 0.270 e. The summed E-state index contributed by atoms with van der Waals surface area (Å²) in [5.74, 6) is -0.381. The third kappa shape index (κ3) is 1.74. The van der Waals surface area contributed by atoms with Gasteiger partial charge in [0.05, 0.1) is 10.5 Å². The molecule has 0 unspecified atom stereocenters. The van der Waals surface area contributed by atoms with Gasteiger partial charge in [-0.15, -0.1) is 0 Å². The molecule has 0 aliphatic rings. The third-order valence-electron chi connectivity index (χ3n) is 1.92. The first-order valence-electron chi connectivity index (χ1n) is 4.32. The zero-order valence-electron chi connectivity index (χ0n) is 8.18. The third-order valence-corrected chi connectivity index (χ3v) is 1.92. The van der Waals surface area contributed by atoms with E-state index in [1.165, 1.54) is 0 Å². The molecule has 0 saturated carbocycles. The molecule has 0 saturated heterocycles. The maximum atomic E-state index is 13.4. The van der Waals surface area contributed by atoms with E-state index < -0.39 is 10.7 Å². The minimum Gasteiger partial charge on any atom is -0.334 e. The lowest BCUT2D eigenvalue weighted by molar-refractivity contribution is -0.384. The van der Waals surface area contributed by atoms with Crippen molar-refractivity contribution in [2.24, 2.45) is 0 Å². The summed E-state index contributed by atoms with van der Waals surface area (Å²) in [6, 6.07) is 3.12. The summed E-state index contributed by atoms with van der Waals surface area (Å²) in [6.45, 7) is 1.57. The van der Waals surface area contributed by atoms with E-state index in [0.717, 1.165) is 18.2 Å². The van der Waals surface area contributed by atoms with Crippen LogP contribution in [0.15, 0.2) is 22.7 Å². The fourth-order valence-electron chi connectivity index (χ4n) is 1.20. The highest BCUT2D eigenvalue weighted by atomic mass is 19.1. The van der Waals surface area contributed by atoms with Crippen LogP contribution in [0.1, 0.15) is 5.82 Å². The Kier molecular flexibility index (Phi) is 2.35. The number of nitro benzene ring substituents is 1. The Bertz CT molecular complexity index is 553. The van der Waals surface area contributed by atoms with E-state index in [4.69, 9.17) is 4.52 Å². The number of rotatable bonds is 2. The Balaban J connectivity index is 2.55. The van der Waals surface area contributed by atoms with E-state index in [1.807, 2.05) is 0 Å². The van der Waals surface area contributed by atoms with Gasteiger partial charge in [0.1, 0.15) is 5.82 Å². The van der Waals surface area contributed by atoms with Crippen molar-refractivity contribution < 1.29 is 13.8 Å². The quantitative estimate of drug-likeness (QED) is 0.575. The molecule has 1 aromatic carbocycles. The van der Waals surface area contributed by atoms with Gasteiger partial charge in [-0.2, -0.15) is 4.98 Å². The zero-order chi connectivity index (χ0) is 11.7. The van der Waals surface area contributed by atoms with Gasteiger partial charge in [0.15, 0.2) is 5.82 Å². The van der Waals surface area contributed by atoms with Crippen LogP contribution in [0.2, 0.25) is 0 Å². The Labute approximate surface area is 88.9 Å². The van der Waals surface area contributed by atoms with Gasteiger partial charge in [-0.1, -0.05) is 5.16 Å². The number of halogens is 1. The predicted molar refractivity (Wildman–Crippen MR) is 51.1 cm³/mol. The highest BCUT2D eigenvalue weighted by molar-refractivity contribution is 5.58. The molecule has 0 fully saturated rings. The van der Waals surface area contributed by atoms with Gasteiger partial charge in [-0.25, -0.2) is 4.39 Å². The lowest BCUT2D eigenvalue weighted by Gasteiger charge is -1.96. The van der Waals surface area contributed by atoms with Crippen molar-refractivity contribution in [2.45, 2.75) is 6.92 Å². The van der Waals surface area contributed by atoms with Gasteiger partial charge < -0.3 is 4.52 Å². The van der Waals surface area contributed by atoms with Crippen LogP contribution < -0.4 is 0 Å². The summed E-state index contributed by atoms with van der Waals surface area (Å²) < 4.78 is 18.1. The number of benzene rings is 1. The fraction of sp³-hybridized carbons (Fsp3) is 0.111. The molecule has 2 rings (SSSR count). The molecule has 82 valence electrons. The lowest BCUT2D eigenvalue weighted by atomic mass is 10.2. The molecular formula is C9H6FN3O3. The second-order valence-electron chi connectivity index (χ2n) is 3.07. The summed E-state index contributed by atoms with van der Waals surface area (Å²) in [5, 5.41) is 14.0. The van der Waals surface area contributed by atoms with Crippen LogP contribution in [0.4, 0.5) is 10.1 Å². The highest BCUT2D eigenvalue weighted by Gasteiger charge is 2.16. The number of nitro groups is 1. The average molecular weight is 223 g/mol. The first kappa shape index (κ1) is 10.2. The van der Waals surface area contributed by atoms with Crippen molar-refractivity contribution in [3.63, 3.8) is 0 Å². The van der Waals surface area contributed by atoms with Gasteiger partial charge in [0.25, 0.3) is 11.6 Å². The van der Waals surface area contributed by atoms with Gasteiger partial charge >= 0.3 is 0 Å².